The second kappa shape index (κ2) is 3.69. The molecule has 0 aliphatic heterocycles. The largest absolute Gasteiger partial charge is 0.423 e. The number of hydrogen-bond acceptors (Lipinski definition) is 1. The van der Waals surface area contributed by atoms with E-state index in [2.05, 4.69) is 33.5 Å². The van der Waals surface area contributed by atoms with Gasteiger partial charge in [-0.2, -0.15) is 0 Å². The van der Waals surface area contributed by atoms with E-state index in [0.717, 1.165) is 5.54 Å². The summed E-state index contributed by atoms with van der Waals surface area (Å²) in [6.45, 7) is 11.8. The third-order valence-corrected chi connectivity index (χ3v) is 17.8. The van der Waals surface area contributed by atoms with Crippen molar-refractivity contribution in [3.8, 4) is 0 Å². The van der Waals surface area contributed by atoms with Crippen molar-refractivity contribution in [3.05, 3.63) is 0 Å². The van der Waals surface area contributed by atoms with Crippen LogP contribution < -0.4 is 0 Å². The second-order valence-electron chi connectivity index (χ2n) is 3.70. The van der Waals surface area contributed by atoms with Gasteiger partial charge in [0.1, 0.15) is 0 Å². The highest BCUT2D eigenvalue weighted by Crippen LogP contribution is 2.23. The normalized spacial score (nSPS) is 18.0. The van der Waals surface area contributed by atoms with Crippen molar-refractivity contribution in [2.75, 3.05) is 7.11 Å². The van der Waals surface area contributed by atoms with E-state index in [-0.39, 0.29) is 0 Å². The van der Waals surface area contributed by atoms with Crippen LogP contribution >= 0.6 is 0 Å². The Morgan fingerprint density at radius 1 is 1.30 bits per heavy atom. The molecule has 0 aliphatic carbocycles. The fraction of sp³-hybridized carbons (Fsp3) is 1.00. The minimum Gasteiger partial charge on any atom is -0.423 e. The summed E-state index contributed by atoms with van der Waals surface area (Å²) in [5.74, 6) is 0. The summed E-state index contributed by atoms with van der Waals surface area (Å²) in [5, 5.41) is 0. The van der Waals surface area contributed by atoms with Crippen LogP contribution in [-0.4, -0.2) is 23.3 Å². The van der Waals surface area contributed by atoms with Crippen molar-refractivity contribution >= 4 is 16.1 Å². The molecule has 0 aliphatic rings. The molecule has 0 heterocycles. The maximum Gasteiger partial charge on any atom is 0.174 e. The van der Waals surface area contributed by atoms with Crippen LogP contribution in [0.3, 0.4) is 0 Å². The zero-order valence-corrected chi connectivity index (χ0v) is 10.2. The standard InChI is InChI=1S/C7H20OSi2/c1-7(2)10(6,8-3)9(4)5/h7,9H,1-6H3. The average Bonchev–Trinajstić information content (AvgIpc) is 1.85. The molecular weight excluding hydrogens is 156 g/mol. The maximum atomic E-state index is 5.66. The molecule has 0 bridgehead atoms. The fourth-order valence-electron chi connectivity index (χ4n) is 1.14. The Hall–Kier alpha value is 0.394. The Bertz CT molecular complexity index is 93.8. The van der Waals surface area contributed by atoms with Crippen LogP contribution in [0.15, 0.2) is 0 Å². The molecule has 0 saturated heterocycles. The van der Waals surface area contributed by atoms with E-state index < -0.39 is 16.1 Å². The molecule has 3 heteroatoms. The topological polar surface area (TPSA) is 9.23 Å². The van der Waals surface area contributed by atoms with Gasteiger partial charge in [-0.1, -0.05) is 26.9 Å². The number of rotatable bonds is 3. The molecule has 1 nitrogen and oxygen atoms in total. The summed E-state index contributed by atoms with van der Waals surface area (Å²) >= 11 is 0. The minimum absolute atomic E-state index is 0.542. The first-order chi connectivity index (χ1) is 4.45. The van der Waals surface area contributed by atoms with Gasteiger partial charge in [-0.05, 0) is 12.1 Å². The Balaban J connectivity index is 4.23. The van der Waals surface area contributed by atoms with E-state index in [4.69, 9.17) is 4.43 Å². The third-order valence-electron chi connectivity index (χ3n) is 2.73. The fourth-order valence-corrected chi connectivity index (χ4v) is 8.83. The molecule has 62 valence electrons. The van der Waals surface area contributed by atoms with Crippen LogP contribution in [0.4, 0.5) is 0 Å². The van der Waals surface area contributed by atoms with Crippen molar-refractivity contribution in [1.82, 2.24) is 0 Å². The van der Waals surface area contributed by atoms with Crippen LogP contribution in [-0.2, 0) is 4.43 Å². The minimum atomic E-state index is -1.24. The van der Waals surface area contributed by atoms with Gasteiger partial charge in [0, 0.05) is 7.11 Å². The summed E-state index contributed by atoms with van der Waals surface area (Å²) in [6.07, 6.45) is 0. The van der Waals surface area contributed by atoms with E-state index in [1.54, 1.807) is 0 Å². The van der Waals surface area contributed by atoms with Crippen molar-refractivity contribution in [2.24, 2.45) is 0 Å². The molecule has 0 spiro atoms. The van der Waals surface area contributed by atoms with Crippen LogP contribution in [0, 0.1) is 0 Å². The monoisotopic (exact) mass is 176 g/mol. The molecule has 0 amide bonds. The van der Waals surface area contributed by atoms with Crippen LogP contribution in [0.2, 0.25) is 25.2 Å². The van der Waals surface area contributed by atoms with Gasteiger partial charge < -0.3 is 4.43 Å². The van der Waals surface area contributed by atoms with Gasteiger partial charge in [-0.25, -0.2) is 0 Å². The Kier molecular flexibility index (Phi) is 3.83. The van der Waals surface area contributed by atoms with Crippen molar-refractivity contribution < 1.29 is 4.43 Å². The molecule has 0 aromatic heterocycles. The Morgan fingerprint density at radius 2 is 1.70 bits per heavy atom. The molecule has 0 radical (unpaired) electrons. The maximum absolute atomic E-state index is 5.66. The lowest BCUT2D eigenvalue weighted by Gasteiger charge is -2.32. The van der Waals surface area contributed by atoms with E-state index in [1.807, 2.05) is 7.11 Å². The van der Waals surface area contributed by atoms with Gasteiger partial charge in [0.2, 0.25) is 0 Å². The molecule has 0 saturated carbocycles. The van der Waals surface area contributed by atoms with E-state index >= 15 is 0 Å². The van der Waals surface area contributed by atoms with E-state index in [0.29, 0.717) is 0 Å². The lowest BCUT2D eigenvalue weighted by Crippen LogP contribution is -2.49. The first kappa shape index (κ1) is 10.4. The van der Waals surface area contributed by atoms with E-state index in [1.165, 1.54) is 0 Å². The highest BCUT2D eigenvalue weighted by Gasteiger charge is 2.35. The summed E-state index contributed by atoms with van der Waals surface area (Å²) in [6, 6.07) is 0. The molecule has 0 N–H and O–H groups in total. The zero-order valence-electron chi connectivity index (χ0n) is 8.06. The average molecular weight is 176 g/mol. The summed E-state index contributed by atoms with van der Waals surface area (Å²) < 4.78 is 5.66. The van der Waals surface area contributed by atoms with Crippen molar-refractivity contribution in [2.45, 2.75) is 39.0 Å². The van der Waals surface area contributed by atoms with Crippen molar-refractivity contribution in [1.29, 1.82) is 0 Å². The van der Waals surface area contributed by atoms with Crippen LogP contribution in [0.1, 0.15) is 13.8 Å². The molecular formula is C7H20OSi2. The summed E-state index contributed by atoms with van der Waals surface area (Å²) in [4.78, 5) is 0. The molecule has 0 aromatic rings. The number of hydrogen-bond donors (Lipinski definition) is 0. The first-order valence-electron chi connectivity index (χ1n) is 4.00. The second-order valence-corrected chi connectivity index (χ2v) is 16.8. The highest BCUT2D eigenvalue weighted by molar-refractivity contribution is 7.29. The zero-order chi connectivity index (χ0) is 8.36. The van der Waals surface area contributed by atoms with Gasteiger partial charge in [0.25, 0.3) is 0 Å². The third kappa shape index (κ3) is 1.94. The summed E-state index contributed by atoms with van der Waals surface area (Å²) in [7, 11) is 0.107. The molecule has 0 rings (SSSR count). The summed E-state index contributed by atoms with van der Waals surface area (Å²) in [5.41, 5.74) is 0.782. The molecule has 10 heavy (non-hydrogen) atoms. The smallest absolute Gasteiger partial charge is 0.174 e. The molecule has 1 unspecified atom stereocenters. The lowest BCUT2D eigenvalue weighted by molar-refractivity contribution is 0.406. The van der Waals surface area contributed by atoms with Gasteiger partial charge in [0.15, 0.2) is 7.83 Å². The lowest BCUT2D eigenvalue weighted by atomic mass is 10.6. The predicted molar refractivity (Wildman–Crippen MR) is 52.6 cm³/mol. The van der Waals surface area contributed by atoms with Gasteiger partial charge in [-0.3, -0.25) is 0 Å². The quantitative estimate of drug-likeness (QED) is 0.599. The van der Waals surface area contributed by atoms with Crippen LogP contribution in [0.25, 0.3) is 0 Å². The van der Waals surface area contributed by atoms with Gasteiger partial charge >= 0.3 is 0 Å². The van der Waals surface area contributed by atoms with Crippen molar-refractivity contribution in [3.63, 3.8) is 0 Å². The molecule has 0 aromatic carbocycles. The highest BCUT2D eigenvalue weighted by atomic mass is 29.2. The SMILES string of the molecule is CO[Si](C)(C(C)C)[SiH](C)C. The Labute approximate surface area is 67.3 Å². The van der Waals surface area contributed by atoms with Gasteiger partial charge in [-0.15, -0.1) is 0 Å². The van der Waals surface area contributed by atoms with E-state index in [9.17, 15) is 0 Å². The molecule has 1 atom stereocenters. The van der Waals surface area contributed by atoms with Gasteiger partial charge in [0.05, 0.1) is 8.31 Å². The first-order valence-corrected chi connectivity index (χ1v) is 10.6. The Morgan fingerprint density at radius 3 is 1.70 bits per heavy atom. The molecule has 0 fully saturated rings. The van der Waals surface area contributed by atoms with Crippen LogP contribution in [0.5, 0.6) is 0 Å². The predicted octanol–water partition coefficient (Wildman–Crippen LogP) is 2.18.